The van der Waals surface area contributed by atoms with Gasteiger partial charge in [-0.3, -0.25) is 0 Å². The van der Waals surface area contributed by atoms with Crippen molar-refractivity contribution in [2.45, 2.75) is 0 Å². The fourth-order valence-electron chi connectivity index (χ4n) is 2.00. The number of oxazole rings is 1. The Balaban J connectivity index is 2.05. The van der Waals surface area contributed by atoms with Gasteiger partial charge >= 0.3 is 5.97 Å². The highest BCUT2D eigenvalue weighted by molar-refractivity contribution is 5.94. The number of carbonyl (C=O) groups is 1. The van der Waals surface area contributed by atoms with Crippen molar-refractivity contribution in [1.82, 2.24) is 4.98 Å². The zero-order valence-corrected chi connectivity index (χ0v) is 10.5. The van der Waals surface area contributed by atoms with Crippen molar-refractivity contribution >= 4 is 5.97 Å². The first-order chi connectivity index (χ1) is 9.75. The van der Waals surface area contributed by atoms with Gasteiger partial charge in [0.25, 0.3) is 0 Å². The molecule has 0 fully saturated rings. The summed E-state index contributed by atoms with van der Waals surface area (Å²) in [5.41, 5.74) is 2.26. The van der Waals surface area contributed by atoms with Crippen LogP contribution in [0.3, 0.4) is 0 Å². The summed E-state index contributed by atoms with van der Waals surface area (Å²) < 4.78 is 5.42. The molecule has 0 radical (unpaired) electrons. The van der Waals surface area contributed by atoms with E-state index >= 15 is 0 Å². The zero-order valence-electron chi connectivity index (χ0n) is 10.5. The number of nitrogens with zero attached hydrogens (tertiary/aromatic N) is 1. The molecule has 0 amide bonds. The molecule has 1 aromatic heterocycles. The Morgan fingerprint density at radius 3 is 2.45 bits per heavy atom. The zero-order chi connectivity index (χ0) is 13.9. The van der Waals surface area contributed by atoms with E-state index < -0.39 is 5.97 Å². The number of carboxylic acid groups (broad SMARTS) is 1. The van der Waals surface area contributed by atoms with E-state index in [1.807, 2.05) is 30.3 Å². The largest absolute Gasteiger partial charge is 0.478 e. The third-order valence-corrected chi connectivity index (χ3v) is 2.96. The molecule has 0 spiro atoms. The fourth-order valence-corrected chi connectivity index (χ4v) is 2.00. The average molecular weight is 265 g/mol. The number of hydrogen-bond donors (Lipinski definition) is 1. The Morgan fingerprint density at radius 1 is 1.00 bits per heavy atom. The monoisotopic (exact) mass is 265 g/mol. The maximum Gasteiger partial charge on any atom is 0.336 e. The second kappa shape index (κ2) is 5.01. The molecule has 2 aromatic carbocycles. The van der Waals surface area contributed by atoms with Gasteiger partial charge in [-0.05, 0) is 12.1 Å². The van der Waals surface area contributed by atoms with Gasteiger partial charge in [-0.1, -0.05) is 42.5 Å². The quantitative estimate of drug-likeness (QED) is 0.784. The van der Waals surface area contributed by atoms with Crippen LogP contribution in [0, 0.1) is 0 Å². The second-order valence-corrected chi connectivity index (χ2v) is 4.25. The lowest BCUT2D eigenvalue weighted by molar-refractivity contribution is 0.0697. The molecule has 3 aromatic rings. The lowest BCUT2D eigenvalue weighted by Gasteiger charge is -2.00. The van der Waals surface area contributed by atoms with Crippen molar-refractivity contribution in [1.29, 1.82) is 0 Å². The fraction of sp³-hybridized carbons (Fsp3) is 0. The maximum absolute atomic E-state index is 11.2. The summed E-state index contributed by atoms with van der Waals surface area (Å²) in [4.78, 5) is 15.6. The lowest BCUT2D eigenvalue weighted by atomic mass is 10.1. The average Bonchev–Trinajstić information content (AvgIpc) is 2.98. The third-order valence-electron chi connectivity index (χ3n) is 2.96. The molecule has 0 bridgehead atoms. The molecule has 1 N–H and O–H groups in total. The van der Waals surface area contributed by atoms with Crippen LogP contribution in [-0.2, 0) is 0 Å². The number of aromatic nitrogens is 1. The van der Waals surface area contributed by atoms with Crippen molar-refractivity contribution in [2.75, 3.05) is 0 Å². The van der Waals surface area contributed by atoms with Gasteiger partial charge in [0.2, 0.25) is 5.89 Å². The highest BCUT2D eigenvalue weighted by Gasteiger charge is 2.15. The van der Waals surface area contributed by atoms with E-state index in [9.17, 15) is 9.90 Å². The molecule has 0 aliphatic carbocycles. The van der Waals surface area contributed by atoms with Gasteiger partial charge < -0.3 is 9.52 Å². The predicted octanol–water partition coefficient (Wildman–Crippen LogP) is 3.71. The van der Waals surface area contributed by atoms with Gasteiger partial charge in [-0.15, -0.1) is 0 Å². The van der Waals surface area contributed by atoms with Gasteiger partial charge in [0, 0.05) is 5.56 Å². The Hall–Kier alpha value is -2.88. The topological polar surface area (TPSA) is 63.3 Å². The minimum Gasteiger partial charge on any atom is -0.478 e. The Bertz CT molecular complexity index is 747. The number of aromatic carboxylic acids is 1. The minimum absolute atomic E-state index is 0.175. The van der Waals surface area contributed by atoms with Crippen LogP contribution in [0.5, 0.6) is 0 Å². The first-order valence-corrected chi connectivity index (χ1v) is 6.09. The summed E-state index contributed by atoms with van der Waals surface area (Å²) in [5, 5.41) is 9.18. The SMILES string of the molecule is O=C(O)c1ccccc1-c1nc(-c2ccccc2)co1. The maximum atomic E-state index is 11.2. The smallest absolute Gasteiger partial charge is 0.336 e. The van der Waals surface area contributed by atoms with Crippen molar-refractivity contribution in [2.24, 2.45) is 0 Å². The summed E-state index contributed by atoms with van der Waals surface area (Å²) in [6.07, 6.45) is 1.53. The lowest BCUT2D eigenvalue weighted by Crippen LogP contribution is -1.99. The summed E-state index contributed by atoms with van der Waals surface area (Å²) in [7, 11) is 0. The molecule has 3 rings (SSSR count). The second-order valence-electron chi connectivity index (χ2n) is 4.25. The first kappa shape index (κ1) is 12.2. The minimum atomic E-state index is -1.000. The number of hydrogen-bond acceptors (Lipinski definition) is 3. The first-order valence-electron chi connectivity index (χ1n) is 6.09. The summed E-state index contributed by atoms with van der Waals surface area (Å²) in [6, 6.07) is 16.2. The molecule has 0 aliphatic heterocycles. The summed E-state index contributed by atoms with van der Waals surface area (Å²) >= 11 is 0. The van der Waals surface area contributed by atoms with E-state index in [0.717, 1.165) is 5.56 Å². The van der Waals surface area contributed by atoms with Crippen LogP contribution in [0.4, 0.5) is 0 Å². The van der Waals surface area contributed by atoms with Crippen molar-refractivity contribution < 1.29 is 14.3 Å². The third kappa shape index (κ3) is 2.19. The van der Waals surface area contributed by atoms with E-state index in [0.29, 0.717) is 17.1 Å². The summed E-state index contributed by atoms with van der Waals surface area (Å²) in [6.45, 7) is 0. The van der Waals surface area contributed by atoms with Gasteiger partial charge in [0.1, 0.15) is 12.0 Å². The van der Waals surface area contributed by atoms with Crippen molar-refractivity contribution in [3.05, 3.63) is 66.4 Å². The van der Waals surface area contributed by atoms with E-state index in [1.165, 1.54) is 12.3 Å². The van der Waals surface area contributed by atoms with E-state index in [1.54, 1.807) is 18.2 Å². The molecule has 20 heavy (non-hydrogen) atoms. The molecule has 1 heterocycles. The molecule has 4 heteroatoms. The van der Waals surface area contributed by atoms with Gasteiger partial charge in [0.05, 0.1) is 11.1 Å². The number of benzene rings is 2. The summed E-state index contributed by atoms with van der Waals surface area (Å²) in [5.74, 6) is -0.693. The van der Waals surface area contributed by atoms with Crippen LogP contribution >= 0.6 is 0 Å². The van der Waals surface area contributed by atoms with Crippen LogP contribution in [0.15, 0.2) is 65.3 Å². The van der Waals surface area contributed by atoms with Gasteiger partial charge in [-0.25, -0.2) is 9.78 Å². The highest BCUT2D eigenvalue weighted by Crippen LogP contribution is 2.26. The Labute approximate surface area is 115 Å². The van der Waals surface area contributed by atoms with Crippen LogP contribution in [0.2, 0.25) is 0 Å². The van der Waals surface area contributed by atoms with Crippen LogP contribution in [0.25, 0.3) is 22.7 Å². The predicted molar refractivity (Wildman–Crippen MR) is 74.3 cm³/mol. The van der Waals surface area contributed by atoms with Gasteiger partial charge in [-0.2, -0.15) is 0 Å². The highest BCUT2D eigenvalue weighted by atomic mass is 16.4. The van der Waals surface area contributed by atoms with E-state index in [2.05, 4.69) is 4.98 Å². The molecule has 98 valence electrons. The number of carboxylic acids is 1. The van der Waals surface area contributed by atoms with Gasteiger partial charge in [0.15, 0.2) is 0 Å². The molecule has 0 atom stereocenters. The molecule has 0 saturated carbocycles. The Kier molecular flexibility index (Phi) is 3.05. The molecule has 4 nitrogen and oxygen atoms in total. The van der Waals surface area contributed by atoms with Crippen LogP contribution in [-0.4, -0.2) is 16.1 Å². The molecular formula is C16H11NO3. The van der Waals surface area contributed by atoms with Crippen LogP contribution < -0.4 is 0 Å². The normalized spacial score (nSPS) is 10.4. The number of rotatable bonds is 3. The Morgan fingerprint density at radius 2 is 1.70 bits per heavy atom. The van der Waals surface area contributed by atoms with Crippen molar-refractivity contribution in [3.63, 3.8) is 0 Å². The molecule has 0 aliphatic rings. The molecule has 0 saturated heterocycles. The van der Waals surface area contributed by atoms with Crippen LogP contribution in [0.1, 0.15) is 10.4 Å². The van der Waals surface area contributed by atoms with E-state index in [-0.39, 0.29) is 5.56 Å². The molecule has 0 unspecified atom stereocenters. The van der Waals surface area contributed by atoms with Crippen molar-refractivity contribution in [3.8, 4) is 22.7 Å². The van der Waals surface area contributed by atoms with E-state index in [4.69, 9.17) is 4.42 Å². The standard InChI is InChI=1S/C16H11NO3/c18-16(19)13-9-5-4-8-12(13)15-17-14(10-20-15)11-6-2-1-3-7-11/h1-10H,(H,18,19). The molecular weight excluding hydrogens is 254 g/mol.